The van der Waals surface area contributed by atoms with Gasteiger partial charge in [0.05, 0.1) is 27.4 Å². The van der Waals surface area contributed by atoms with Gasteiger partial charge in [-0.1, -0.05) is 23.5 Å². The van der Waals surface area contributed by atoms with Crippen LogP contribution in [0.5, 0.6) is 11.5 Å². The zero-order valence-corrected chi connectivity index (χ0v) is 19.3. The molecule has 0 bridgehead atoms. The zero-order chi connectivity index (χ0) is 24.6. The summed E-state index contributed by atoms with van der Waals surface area (Å²) in [6, 6.07) is 15.8. The van der Waals surface area contributed by atoms with Crippen molar-refractivity contribution in [3.05, 3.63) is 94.1 Å². The van der Waals surface area contributed by atoms with Crippen molar-refractivity contribution in [1.29, 1.82) is 0 Å². The van der Waals surface area contributed by atoms with Crippen molar-refractivity contribution in [3.63, 3.8) is 0 Å². The average molecular weight is 501 g/mol. The molecule has 0 radical (unpaired) electrons. The summed E-state index contributed by atoms with van der Waals surface area (Å²) in [7, 11) is 0. The molecular formula is C26H16FN3O5S. The molecule has 10 heteroatoms. The van der Waals surface area contributed by atoms with E-state index in [1.54, 1.807) is 42.5 Å². The standard InChI is InChI=1S/C26H16FN3O5S/c27-17-6-7-19-23(12-17)36-26(29-19)30(25(32)15-5-8-21-22(11-15)34-10-9-33-21)28-13-16-14-35-20-4-2-1-3-18(20)24(16)31/h1-8,11-14H,9-10H2/b28-13+. The fourth-order valence-corrected chi connectivity index (χ4v) is 4.71. The Kier molecular flexibility index (Phi) is 5.42. The summed E-state index contributed by atoms with van der Waals surface area (Å²) in [5.74, 6) is 0.0438. The van der Waals surface area contributed by atoms with Crippen LogP contribution in [0.25, 0.3) is 21.2 Å². The molecule has 1 aliphatic rings. The summed E-state index contributed by atoms with van der Waals surface area (Å²) >= 11 is 1.10. The maximum absolute atomic E-state index is 13.8. The van der Waals surface area contributed by atoms with E-state index >= 15 is 0 Å². The van der Waals surface area contributed by atoms with E-state index in [2.05, 4.69) is 10.1 Å². The lowest BCUT2D eigenvalue weighted by atomic mass is 10.2. The van der Waals surface area contributed by atoms with Crippen LogP contribution in [0.4, 0.5) is 9.52 Å². The van der Waals surface area contributed by atoms with Crippen molar-refractivity contribution < 1.29 is 23.1 Å². The highest BCUT2D eigenvalue weighted by molar-refractivity contribution is 7.22. The Balaban J connectivity index is 1.43. The van der Waals surface area contributed by atoms with E-state index in [1.165, 1.54) is 30.7 Å². The number of ether oxygens (including phenoxy) is 2. The van der Waals surface area contributed by atoms with E-state index in [0.29, 0.717) is 45.9 Å². The molecule has 0 fully saturated rings. The summed E-state index contributed by atoms with van der Waals surface area (Å²) in [5.41, 5.74) is 1.08. The third kappa shape index (κ3) is 3.97. The number of nitrogens with zero attached hydrogens (tertiary/aromatic N) is 3. The van der Waals surface area contributed by atoms with E-state index in [1.807, 2.05) is 0 Å². The quantitative estimate of drug-likeness (QED) is 0.254. The average Bonchev–Trinajstić information content (AvgIpc) is 3.32. The molecule has 36 heavy (non-hydrogen) atoms. The SMILES string of the molecule is O=C(c1ccc2c(c1)OCCO2)N(/N=C/c1coc2ccccc2c1=O)c1nc2ccc(F)cc2s1. The molecule has 2 aromatic heterocycles. The molecule has 0 N–H and O–H groups in total. The number of hydrazone groups is 1. The molecule has 0 saturated carbocycles. The number of aromatic nitrogens is 1. The van der Waals surface area contributed by atoms with Gasteiger partial charge in [-0.2, -0.15) is 10.1 Å². The number of hydrogen-bond donors (Lipinski definition) is 0. The van der Waals surface area contributed by atoms with Gasteiger partial charge in [0.1, 0.15) is 30.9 Å². The lowest BCUT2D eigenvalue weighted by molar-refractivity contribution is 0.0986. The van der Waals surface area contributed by atoms with Gasteiger partial charge in [-0.15, -0.1) is 0 Å². The first-order chi connectivity index (χ1) is 17.6. The van der Waals surface area contributed by atoms with Crippen molar-refractivity contribution in [2.45, 2.75) is 0 Å². The van der Waals surface area contributed by atoms with E-state index in [9.17, 15) is 14.0 Å². The predicted octanol–water partition coefficient (Wildman–Crippen LogP) is 4.99. The molecule has 1 aliphatic heterocycles. The molecular weight excluding hydrogens is 485 g/mol. The van der Waals surface area contributed by atoms with Crippen LogP contribution in [0.2, 0.25) is 0 Å². The molecule has 0 saturated heterocycles. The number of rotatable bonds is 4. The van der Waals surface area contributed by atoms with Crippen LogP contribution in [-0.4, -0.2) is 30.3 Å². The number of para-hydroxylation sites is 1. The maximum atomic E-state index is 13.8. The Morgan fingerprint density at radius 3 is 2.78 bits per heavy atom. The minimum atomic E-state index is -0.520. The number of thiazole rings is 1. The van der Waals surface area contributed by atoms with Crippen LogP contribution in [0, 0.1) is 5.82 Å². The maximum Gasteiger partial charge on any atom is 0.280 e. The highest BCUT2D eigenvalue weighted by Crippen LogP contribution is 2.34. The zero-order valence-electron chi connectivity index (χ0n) is 18.5. The van der Waals surface area contributed by atoms with Gasteiger partial charge in [0.15, 0.2) is 11.5 Å². The minimum absolute atomic E-state index is 0.154. The van der Waals surface area contributed by atoms with Crippen LogP contribution in [-0.2, 0) is 0 Å². The second-order valence-electron chi connectivity index (χ2n) is 7.84. The molecule has 0 aliphatic carbocycles. The summed E-state index contributed by atoms with van der Waals surface area (Å²) < 4.78 is 31.0. The second-order valence-corrected chi connectivity index (χ2v) is 8.85. The predicted molar refractivity (Wildman–Crippen MR) is 134 cm³/mol. The Morgan fingerprint density at radius 2 is 1.89 bits per heavy atom. The van der Waals surface area contributed by atoms with Crippen LogP contribution >= 0.6 is 11.3 Å². The number of carbonyl (C=O) groups is 1. The Hall–Kier alpha value is -4.57. The fourth-order valence-electron chi connectivity index (χ4n) is 3.77. The molecule has 6 rings (SSSR count). The smallest absolute Gasteiger partial charge is 0.280 e. The van der Waals surface area contributed by atoms with Gasteiger partial charge in [0, 0.05) is 5.56 Å². The summed E-state index contributed by atoms with van der Waals surface area (Å²) in [5, 5.41) is 5.99. The number of fused-ring (bicyclic) bond motifs is 3. The van der Waals surface area contributed by atoms with Gasteiger partial charge in [0.25, 0.3) is 5.91 Å². The molecule has 8 nitrogen and oxygen atoms in total. The minimum Gasteiger partial charge on any atom is -0.486 e. The fraction of sp³-hybridized carbons (Fsp3) is 0.0769. The summed E-state index contributed by atoms with van der Waals surface area (Å²) in [6.07, 6.45) is 2.54. The summed E-state index contributed by atoms with van der Waals surface area (Å²) in [4.78, 5) is 31.0. The van der Waals surface area contributed by atoms with Gasteiger partial charge in [0.2, 0.25) is 10.6 Å². The third-order valence-corrected chi connectivity index (χ3v) is 6.51. The number of carbonyl (C=O) groups excluding carboxylic acids is 1. The van der Waals surface area contributed by atoms with E-state index in [-0.39, 0.29) is 21.7 Å². The first-order valence-electron chi connectivity index (χ1n) is 10.9. The first-order valence-corrected chi connectivity index (χ1v) is 11.7. The third-order valence-electron chi connectivity index (χ3n) is 5.52. The van der Waals surface area contributed by atoms with Crippen molar-refractivity contribution >= 4 is 49.8 Å². The molecule has 1 amide bonds. The van der Waals surface area contributed by atoms with Crippen LogP contribution in [0.15, 0.2) is 81.2 Å². The van der Waals surface area contributed by atoms with Crippen LogP contribution in [0.1, 0.15) is 15.9 Å². The van der Waals surface area contributed by atoms with Gasteiger partial charge < -0.3 is 13.9 Å². The van der Waals surface area contributed by atoms with E-state index in [4.69, 9.17) is 13.9 Å². The van der Waals surface area contributed by atoms with E-state index in [0.717, 1.165) is 16.3 Å². The van der Waals surface area contributed by atoms with Crippen molar-refractivity contribution in [2.75, 3.05) is 18.2 Å². The van der Waals surface area contributed by atoms with Crippen molar-refractivity contribution in [2.24, 2.45) is 5.10 Å². The monoisotopic (exact) mass is 501 g/mol. The number of amides is 1. The van der Waals surface area contributed by atoms with Gasteiger partial charge in [-0.25, -0.2) is 9.37 Å². The van der Waals surface area contributed by atoms with Gasteiger partial charge >= 0.3 is 0 Å². The number of anilines is 1. The van der Waals surface area contributed by atoms with Crippen LogP contribution < -0.4 is 19.9 Å². The first kappa shape index (κ1) is 21.9. The van der Waals surface area contributed by atoms with Crippen molar-refractivity contribution in [1.82, 2.24) is 4.98 Å². The molecule has 3 heterocycles. The highest BCUT2D eigenvalue weighted by Gasteiger charge is 2.24. The van der Waals surface area contributed by atoms with Crippen molar-refractivity contribution in [3.8, 4) is 11.5 Å². The molecule has 0 spiro atoms. The summed E-state index contributed by atoms with van der Waals surface area (Å²) in [6.45, 7) is 0.793. The largest absolute Gasteiger partial charge is 0.486 e. The Morgan fingerprint density at radius 1 is 1.06 bits per heavy atom. The lowest BCUT2D eigenvalue weighted by Gasteiger charge is -2.19. The molecule has 0 atom stereocenters. The number of hydrogen-bond acceptors (Lipinski definition) is 8. The molecule has 0 unspecified atom stereocenters. The second kappa shape index (κ2) is 8.90. The van der Waals surface area contributed by atoms with E-state index < -0.39 is 11.7 Å². The topological polar surface area (TPSA) is 94.2 Å². The highest BCUT2D eigenvalue weighted by atomic mass is 32.1. The molecule has 178 valence electrons. The van der Waals surface area contributed by atoms with Gasteiger partial charge in [-0.05, 0) is 48.5 Å². The van der Waals surface area contributed by atoms with Crippen LogP contribution in [0.3, 0.4) is 0 Å². The lowest BCUT2D eigenvalue weighted by Crippen LogP contribution is -2.26. The Labute approximate surface area is 206 Å². The normalized spacial score (nSPS) is 12.9. The number of benzene rings is 3. The molecule has 3 aromatic carbocycles. The molecule has 5 aromatic rings. The van der Waals surface area contributed by atoms with Gasteiger partial charge in [-0.3, -0.25) is 9.59 Å². The Bertz CT molecular complexity index is 1730. The number of halogens is 1.